The average molecular weight is 265 g/mol. The van der Waals surface area contributed by atoms with Gasteiger partial charge in [-0.15, -0.1) is 11.3 Å². The number of nitrogens with one attached hydrogen (secondary N) is 1. The lowest BCUT2D eigenvalue weighted by atomic mass is 10.1. The second-order valence-electron chi connectivity index (χ2n) is 5.77. The van der Waals surface area contributed by atoms with E-state index in [0.717, 1.165) is 18.4 Å². The van der Waals surface area contributed by atoms with Gasteiger partial charge in [0.25, 0.3) is 0 Å². The van der Waals surface area contributed by atoms with Crippen LogP contribution in [0.15, 0.2) is 5.38 Å². The van der Waals surface area contributed by atoms with Crippen LogP contribution >= 0.6 is 11.3 Å². The molecule has 4 heteroatoms. The summed E-state index contributed by atoms with van der Waals surface area (Å²) in [5.41, 5.74) is 1.17. The molecule has 1 saturated heterocycles. The van der Waals surface area contributed by atoms with Crippen molar-refractivity contribution in [1.82, 2.24) is 15.2 Å². The Balaban J connectivity index is 1.36. The molecular formula is C14H23N3S. The van der Waals surface area contributed by atoms with Crippen LogP contribution in [0.25, 0.3) is 0 Å². The van der Waals surface area contributed by atoms with Crippen molar-refractivity contribution in [1.29, 1.82) is 0 Å². The molecule has 0 bridgehead atoms. The molecule has 2 heterocycles. The first kappa shape index (κ1) is 12.6. The van der Waals surface area contributed by atoms with Gasteiger partial charge in [-0.2, -0.15) is 0 Å². The zero-order valence-electron chi connectivity index (χ0n) is 11.2. The van der Waals surface area contributed by atoms with E-state index >= 15 is 0 Å². The Kier molecular flexibility index (Phi) is 3.97. The van der Waals surface area contributed by atoms with E-state index in [1.165, 1.54) is 56.1 Å². The van der Waals surface area contributed by atoms with Gasteiger partial charge < -0.3 is 10.2 Å². The van der Waals surface area contributed by atoms with Crippen LogP contribution in [-0.4, -0.2) is 42.1 Å². The fraction of sp³-hybridized carbons (Fsp3) is 0.786. The molecule has 100 valence electrons. The molecule has 0 aromatic carbocycles. The first-order valence-corrected chi connectivity index (χ1v) is 8.04. The Morgan fingerprint density at radius 2 is 2.33 bits per heavy atom. The molecule has 0 amide bonds. The molecule has 1 aromatic heterocycles. The number of hydrogen-bond acceptors (Lipinski definition) is 4. The zero-order chi connectivity index (χ0) is 12.4. The molecular weight excluding hydrogens is 242 g/mol. The van der Waals surface area contributed by atoms with Crippen LogP contribution < -0.4 is 5.32 Å². The molecule has 2 fully saturated rings. The van der Waals surface area contributed by atoms with Crippen LogP contribution in [-0.2, 0) is 6.42 Å². The van der Waals surface area contributed by atoms with Gasteiger partial charge in [-0.1, -0.05) is 0 Å². The molecule has 0 spiro atoms. The van der Waals surface area contributed by atoms with Gasteiger partial charge in [0.05, 0.1) is 5.01 Å². The quantitative estimate of drug-likeness (QED) is 0.853. The predicted molar refractivity (Wildman–Crippen MR) is 76.1 cm³/mol. The van der Waals surface area contributed by atoms with Crippen molar-refractivity contribution in [2.24, 2.45) is 5.92 Å². The molecule has 1 aliphatic heterocycles. The summed E-state index contributed by atoms with van der Waals surface area (Å²) in [5, 5.41) is 7.11. The highest BCUT2D eigenvalue weighted by Gasteiger charge is 2.26. The normalized spacial score (nSPS) is 24.8. The van der Waals surface area contributed by atoms with Gasteiger partial charge in [-0.25, -0.2) is 4.98 Å². The van der Waals surface area contributed by atoms with Crippen molar-refractivity contribution >= 4 is 11.3 Å². The molecule has 3 nitrogen and oxygen atoms in total. The number of thiazole rings is 1. The second kappa shape index (κ2) is 5.68. The number of hydrogen-bond donors (Lipinski definition) is 1. The summed E-state index contributed by atoms with van der Waals surface area (Å²) in [6, 6.07) is 0.859. The van der Waals surface area contributed by atoms with Gasteiger partial charge in [0.2, 0.25) is 0 Å². The Morgan fingerprint density at radius 3 is 3.06 bits per heavy atom. The minimum Gasteiger partial charge on any atom is -0.314 e. The summed E-state index contributed by atoms with van der Waals surface area (Å²) in [6.45, 7) is 7.06. The van der Waals surface area contributed by atoms with Crippen LogP contribution in [0, 0.1) is 12.8 Å². The molecule has 3 rings (SSSR count). The SMILES string of the molecule is Cc1csc(CCN2CCC(CNC3CC3)C2)n1. The smallest absolute Gasteiger partial charge is 0.0940 e. The summed E-state index contributed by atoms with van der Waals surface area (Å²) < 4.78 is 0. The van der Waals surface area contributed by atoms with Crippen LogP contribution in [0.5, 0.6) is 0 Å². The average Bonchev–Trinajstić information content (AvgIpc) is 2.93. The summed E-state index contributed by atoms with van der Waals surface area (Å²) in [4.78, 5) is 7.15. The van der Waals surface area contributed by atoms with Gasteiger partial charge in [0.1, 0.15) is 0 Å². The Labute approximate surface area is 114 Å². The highest BCUT2D eigenvalue weighted by Crippen LogP contribution is 2.21. The predicted octanol–water partition coefficient (Wildman–Crippen LogP) is 2.07. The number of likely N-dealkylation sites (tertiary alicyclic amines) is 1. The Hall–Kier alpha value is -0.450. The first-order valence-electron chi connectivity index (χ1n) is 7.16. The molecule has 1 N–H and O–H groups in total. The third kappa shape index (κ3) is 3.53. The lowest BCUT2D eigenvalue weighted by molar-refractivity contribution is 0.325. The fourth-order valence-corrected chi connectivity index (χ4v) is 3.44. The van der Waals surface area contributed by atoms with Crippen LogP contribution in [0.3, 0.4) is 0 Å². The molecule has 2 aliphatic rings. The van der Waals surface area contributed by atoms with E-state index in [-0.39, 0.29) is 0 Å². The first-order chi connectivity index (χ1) is 8.79. The Bertz CT molecular complexity index is 386. The lowest BCUT2D eigenvalue weighted by Crippen LogP contribution is -2.28. The van der Waals surface area contributed by atoms with Crippen molar-refractivity contribution in [3.63, 3.8) is 0 Å². The maximum absolute atomic E-state index is 4.54. The minimum atomic E-state index is 0.859. The maximum atomic E-state index is 4.54. The summed E-state index contributed by atoms with van der Waals surface area (Å²) in [5.74, 6) is 0.878. The number of aromatic nitrogens is 1. The van der Waals surface area contributed by atoms with Crippen molar-refractivity contribution in [3.05, 3.63) is 16.1 Å². The van der Waals surface area contributed by atoms with Crippen molar-refractivity contribution in [2.75, 3.05) is 26.2 Å². The van der Waals surface area contributed by atoms with Gasteiger partial charge in [-0.05, 0) is 45.2 Å². The van der Waals surface area contributed by atoms with Gasteiger partial charge in [-0.3, -0.25) is 0 Å². The monoisotopic (exact) mass is 265 g/mol. The van der Waals surface area contributed by atoms with Crippen molar-refractivity contribution in [3.8, 4) is 0 Å². The molecule has 1 unspecified atom stereocenters. The van der Waals surface area contributed by atoms with Crippen LogP contribution in [0.2, 0.25) is 0 Å². The van der Waals surface area contributed by atoms with Gasteiger partial charge >= 0.3 is 0 Å². The van der Waals surface area contributed by atoms with E-state index in [0.29, 0.717) is 0 Å². The van der Waals surface area contributed by atoms with Gasteiger partial charge in [0.15, 0.2) is 0 Å². The number of rotatable bonds is 6. The van der Waals surface area contributed by atoms with Crippen LogP contribution in [0.4, 0.5) is 0 Å². The van der Waals surface area contributed by atoms with E-state index in [9.17, 15) is 0 Å². The standard InChI is InChI=1S/C14H23N3S/c1-11-10-18-14(16-11)5-7-17-6-4-12(9-17)8-15-13-2-3-13/h10,12-13,15H,2-9H2,1H3. The minimum absolute atomic E-state index is 0.859. The summed E-state index contributed by atoms with van der Waals surface area (Å²) >= 11 is 1.81. The van der Waals surface area contributed by atoms with Crippen molar-refractivity contribution in [2.45, 2.75) is 38.6 Å². The maximum Gasteiger partial charge on any atom is 0.0940 e. The van der Waals surface area contributed by atoms with Gasteiger partial charge in [0, 0.05) is 36.6 Å². The summed E-state index contributed by atoms with van der Waals surface area (Å²) in [6.07, 6.45) is 5.30. The molecule has 0 radical (unpaired) electrons. The lowest BCUT2D eigenvalue weighted by Gasteiger charge is -2.15. The third-order valence-corrected chi connectivity index (χ3v) is 4.98. The molecule has 18 heavy (non-hydrogen) atoms. The highest BCUT2D eigenvalue weighted by molar-refractivity contribution is 7.09. The zero-order valence-corrected chi connectivity index (χ0v) is 12.0. The molecule has 1 aromatic rings. The molecule has 1 saturated carbocycles. The Morgan fingerprint density at radius 1 is 1.44 bits per heavy atom. The number of nitrogens with zero attached hydrogens (tertiary/aromatic N) is 2. The van der Waals surface area contributed by atoms with E-state index < -0.39 is 0 Å². The summed E-state index contributed by atoms with van der Waals surface area (Å²) in [7, 11) is 0. The van der Waals surface area contributed by atoms with E-state index in [2.05, 4.69) is 27.5 Å². The van der Waals surface area contributed by atoms with Crippen LogP contribution in [0.1, 0.15) is 30.0 Å². The van der Waals surface area contributed by atoms with Crippen molar-refractivity contribution < 1.29 is 0 Å². The van der Waals surface area contributed by atoms with E-state index in [1.54, 1.807) is 11.3 Å². The van der Waals surface area contributed by atoms with E-state index in [4.69, 9.17) is 0 Å². The molecule has 1 aliphatic carbocycles. The largest absolute Gasteiger partial charge is 0.314 e. The highest BCUT2D eigenvalue weighted by atomic mass is 32.1. The fourth-order valence-electron chi connectivity index (χ4n) is 2.67. The third-order valence-electron chi connectivity index (χ3n) is 3.95. The number of aryl methyl sites for hydroxylation is 1. The molecule has 1 atom stereocenters. The topological polar surface area (TPSA) is 28.2 Å². The second-order valence-corrected chi connectivity index (χ2v) is 6.71. The van der Waals surface area contributed by atoms with E-state index in [1.807, 2.05) is 0 Å².